The molecule has 0 saturated carbocycles. The molecule has 4 aromatic rings. The number of rotatable bonds is 7. The van der Waals surface area contributed by atoms with Gasteiger partial charge in [-0.2, -0.15) is 26.3 Å². The maximum absolute atomic E-state index is 13.8. The summed E-state index contributed by atoms with van der Waals surface area (Å²) in [7, 11) is 1.50. The molecule has 0 aliphatic rings. The Morgan fingerprint density at radius 2 is 1.23 bits per heavy atom. The third-order valence-electron chi connectivity index (χ3n) is 6.15. The zero-order valence-corrected chi connectivity index (χ0v) is 21.1. The second kappa shape index (κ2) is 11.7. The summed E-state index contributed by atoms with van der Waals surface area (Å²) >= 11 is 0. The van der Waals surface area contributed by atoms with Crippen LogP contribution in [0, 0.1) is 0 Å². The average Bonchev–Trinajstić information content (AvgIpc) is 2.93. The maximum Gasteiger partial charge on any atom is 0.416 e. The van der Waals surface area contributed by atoms with Crippen molar-refractivity contribution in [3.05, 3.63) is 131 Å². The van der Waals surface area contributed by atoms with E-state index in [0.29, 0.717) is 34.6 Å². The number of carbonyl (C=O) groups is 1. The van der Waals surface area contributed by atoms with Gasteiger partial charge >= 0.3 is 18.4 Å². The first-order valence-electron chi connectivity index (χ1n) is 12.1. The fourth-order valence-corrected chi connectivity index (χ4v) is 4.25. The average molecular weight is 559 g/mol. The van der Waals surface area contributed by atoms with Crippen LogP contribution in [0.4, 0.5) is 36.8 Å². The first-order chi connectivity index (χ1) is 19.0. The molecule has 0 unspecified atom stereocenters. The van der Waals surface area contributed by atoms with E-state index in [1.165, 1.54) is 12.0 Å². The molecule has 4 rings (SSSR count). The Morgan fingerprint density at radius 1 is 0.750 bits per heavy atom. The Morgan fingerprint density at radius 3 is 1.65 bits per heavy atom. The SMILES string of the molecule is COc1ccc(CN(C(=O)Nc2cc(C(F)(F)F)cc(C(F)(F)F)c2)C(c2ccccc2)c2ccccc2)cc1. The molecular formula is C30H24F6N2O2. The second-order valence-corrected chi connectivity index (χ2v) is 8.92. The monoisotopic (exact) mass is 558 g/mol. The molecule has 40 heavy (non-hydrogen) atoms. The van der Waals surface area contributed by atoms with Crippen molar-refractivity contribution in [1.29, 1.82) is 0 Å². The van der Waals surface area contributed by atoms with Gasteiger partial charge in [0.2, 0.25) is 0 Å². The molecule has 0 aliphatic heterocycles. The van der Waals surface area contributed by atoms with Crippen LogP contribution in [0.2, 0.25) is 0 Å². The van der Waals surface area contributed by atoms with Gasteiger partial charge in [-0.1, -0.05) is 72.8 Å². The lowest BCUT2D eigenvalue weighted by Gasteiger charge is -2.33. The molecule has 4 nitrogen and oxygen atoms in total. The number of nitrogens with one attached hydrogen (secondary N) is 1. The molecule has 0 heterocycles. The summed E-state index contributed by atoms with van der Waals surface area (Å²) in [4.78, 5) is 15.1. The van der Waals surface area contributed by atoms with Crippen LogP contribution in [0.25, 0.3) is 0 Å². The highest BCUT2D eigenvalue weighted by molar-refractivity contribution is 5.90. The Bertz CT molecular complexity index is 1350. The molecule has 0 radical (unpaired) electrons. The zero-order valence-electron chi connectivity index (χ0n) is 21.1. The number of benzene rings is 4. The van der Waals surface area contributed by atoms with Crippen molar-refractivity contribution in [2.45, 2.75) is 24.9 Å². The number of alkyl halides is 6. The van der Waals surface area contributed by atoms with Gasteiger partial charge in [-0.3, -0.25) is 0 Å². The van der Waals surface area contributed by atoms with Crippen LogP contribution in [-0.4, -0.2) is 18.0 Å². The van der Waals surface area contributed by atoms with Gasteiger partial charge in [0.25, 0.3) is 0 Å². The highest BCUT2D eigenvalue weighted by Crippen LogP contribution is 2.38. The van der Waals surface area contributed by atoms with E-state index in [1.54, 1.807) is 84.9 Å². The number of methoxy groups -OCH3 is 1. The van der Waals surface area contributed by atoms with Crippen molar-refractivity contribution in [3.8, 4) is 5.75 Å². The van der Waals surface area contributed by atoms with Gasteiger partial charge in [0, 0.05) is 12.2 Å². The number of urea groups is 1. The van der Waals surface area contributed by atoms with Crippen LogP contribution >= 0.6 is 0 Å². The largest absolute Gasteiger partial charge is 0.497 e. The second-order valence-electron chi connectivity index (χ2n) is 8.92. The van der Waals surface area contributed by atoms with Gasteiger partial charge in [0.05, 0.1) is 24.3 Å². The Balaban J connectivity index is 1.80. The van der Waals surface area contributed by atoms with Crippen molar-refractivity contribution in [1.82, 2.24) is 4.90 Å². The third kappa shape index (κ3) is 6.93. The number of anilines is 1. The summed E-state index contributed by atoms with van der Waals surface area (Å²) in [5.41, 5.74) is -1.64. The predicted octanol–water partition coefficient (Wildman–Crippen LogP) is 8.56. The van der Waals surface area contributed by atoms with Crippen LogP contribution in [0.5, 0.6) is 5.75 Å². The van der Waals surface area contributed by atoms with Crippen molar-refractivity contribution < 1.29 is 35.9 Å². The Labute approximate surface area is 226 Å². The summed E-state index contributed by atoms with van der Waals surface area (Å²) in [5, 5.41) is 2.29. The molecule has 0 fully saturated rings. The molecule has 10 heteroatoms. The number of ether oxygens (including phenoxy) is 1. The summed E-state index contributed by atoms with van der Waals surface area (Å²) < 4.78 is 85.9. The van der Waals surface area contributed by atoms with Crippen molar-refractivity contribution in [2.75, 3.05) is 12.4 Å². The fraction of sp³-hybridized carbons (Fsp3) is 0.167. The number of carbonyl (C=O) groups excluding carboxylic acids is 1. The summed E-state index contributed by atoms with van der Waals surface area (Å²) in [6.07, 6.45) is -10.1. The minimum atomic E-state index is -5.06. The zero-order chi connectivity index (χ0) is 28.9. The van der Waals surface area contributed by atoms with Crippen LogP contribution in [0.1, 0.15) is 33.9 Å². The number of hydrogen-bond acceptors (Lipinski definition) is 2. The van der Waals surface area contributed by atoms with E-state index < -0.39 is 41.2 Å². The number of amides is 2. The molecule has 0 aliphatic carbocycles. The van der Waals surface area contributed by atoms with E-state index >= 15 is 0 Å². The van der Waals surface area contributed by atoms with Gasteiger partial charge in [0.1, 0.15) is 5.75 Å². The lowest BCUT2D eigenvalue weighted by Crippen LogP contribution is -2.38. The minimum Gasteiger partial charge on any atom is -0.497 e. The highest BCUT2D eigenvalue weighted by atomic mass is 19.4. The van der Waals surface area contributed by atoms with Crippen LogP contribution in [0.3, 0.4) is 0 Å². The molecule has 0 atom stereocenters. The lowest BCUT2D eigenvalue weighted by molar-refractivity contribution is -0.143. The van der Waals surface area contributed by atoms with Crippen molar-refractivity contribution >= 4 is 11.7 Å². The predicted molar refractivity (Wildman–Crippen MR) is 139 cm³/mol. The van der Waals surface area contributed by atoms with Crippen LogP contribution in [-0.2, 0) is 18.9 Å². The number of hydrogen-bond donors (Lipinski definition) is 1. The topological polar surface area (TPSA) is 41.6 Å². The Kier molecular flexibility index (Phi) is 8.37. The van der Waals surface area contributed by atoms with Crippen molar-refractivity contribution in [2.24, 2.45) is 0 Å². The number of nitrogens with zero attached hydrogens (tertiary/aromatic N) is 1. The molecule has 1 N–H and O–H groups in total. The quantitative estimate of drug-likeness (QED) is 0.231. The summed E-state index contributed by atoms with van der Waals surface area (Å²) in [6.45, 7) is -0.0185. The summed E-state index contributed by atoms with van der Waals surface area (Å²) in [6, 6.07) is 24.0. The molecule has 0 saturated heterocycles. The van der Waals surface area contributed by atoms with Gasteiger partial charge in [-0.05, 0) is 47.0 Å². The van der Waals surface area contributed by atoms with Crippen LogP contribution in [0.15, 0.2) is 103 Å². The molecule has 2 amide bonds. The van der Waals surface area contributed by atoms with E-state index in [2.05, 4.69) is 5.32 Å². The normalized spacial score (nSPS) is 11.8. The smallest absolute Gasteiger partial charge is 0.416 e. The molecule has 4 aromatic carbocycles. The maximum atomic E-state index is 13.8. The van der Waals surface area contributed by atoms with E-state index in [9.17, 15) is 31.1 Å². The summed E-state index contributed by atoms with van der Waals surface area (Å²) in [5.74, 6) is 0.575. The first-order valence-corrected chi connectivity index (χ1v) is 12.1. The van der Waals surface area contributed by atoms with Crippen molar-refractivity contribution in [3.63, 3.8) is 0 Å². The van der Waals surface area contributed by atoms with E-state index in [1.807, 2.05) is 0 Å². The van der Waals surface area contributed by atoms with E-state index in [0.717, 1.165) is 0 Å². The van der Waals surface area contributed by atoms with Gasteiger partial charge in [0.15, 0.2) is 0 Å². The standard InChI is InChI=1S/C30H24F6N2O2/c1-40-26-14-12-20(13-15-26)19-38(27(21-8-4-2-5-9-21)22-10-6-3-7-11-22)28(39)37-25-17-23(29(31,32)33)16-24(18-25)30(34,35)36/h2-18,27H,19H2,1H3,(H,37,39). The molecule has 0 bridgehead atoms. The van der Waals surface area contributed by atoms with Gasteiger partial charge in [-0.25, -0.2) is 4.79 Å². The van der Waals surface area contributed by atoms with Gasteiger partial charge < -0.3 is 15.0 Å². The highest BCUT2D eigenvalue weighted by Gasteiger charge is 2.37. The van der Waals surface area contributed by atoms with E-state index in [-0.39, 0.29) is 12.6 Å². The van der Waals surface area contributed by atoms with Crippen LogP contribution < -0.4 is 10.1 Å². The third-order valence-corrected chi connectivity index (χ3v) is 6.15. The van der Waals surface area contributed by atoms with E-state index in [4.69, 9.17) is 4.74 Å². The minimum absolute atomic E-state index is 0.0154. The fourth-order valence-electron chi connectivity index (χ4n) is 4.25. The Hall–Kier alpha value is -4.47. The molecule has 0 spiro atoms. The lowest BCUT2D eigenvalue weighted by atomic mass is 9.96. The first kappa shape index (κ1) is 28.5. The van der Waals surface area contributed by atoms with Gasteiger partial charge in [-0.15, -0.1) is 0 Å². The number of halogens is 6. The molecular weight excluding hydrogens is 534 g/mol. The molecule has 208 valence electrons. The molecule has 0 aromatic heterocycles.